The summed E-state index contributed by atoms with van der Waals surface area (Å²) in [6.07, 6.45) is 0.516. The molecular weight excluding hydrogens is 252 g/mol. The van der Waals surface area contributed by atoms with Gasteiger partial charge in [0.15, 0.2) is 9.84 Å². The zero-order valence-electron chi connectivity index (χ0n) is 11.0. The number of aliphatic hydroxyl groups excluding tert-OH is 1. The Morgan fingerprint density at radius 3 is 2.22 bits per heavy atom. The third-order valence-electron chi connectivity index (χ3n) is 2.67. The smallest absolute Gasteiger partial charge is 0.178 e. The number of hydrogen-bond acceptors (Lipinski definition) is 4. The van der Waals surface area contributed by atoms with Crippen molar-refractivity contribution >= 4 is 9.84 Å². The molecule has 0 aliphatic heterocycles. The molecular formula is C13H20O4S. The molecule has 1 aromatic rings. The van der Waals surface area contributed by atoms with E-state index in [0.29, 0.717) is 17.1 Å². The van der Waals surface area contributed by atoms with Crippen LogP contribution in [0.25, 0.3) is 0 Å². The highest BCUT2D eigenvalue weighted by molar-refractivity contribution is 7.91. The zero-order valence-corrected chi connectivity index (χ0v) is 11.8. The molecule has 0 unspecified atom stereocenters. The molecule has 18 heavy (non-hydrogen) atoms. The lowest BCUT2D eigenvalue weighted by molar-refractivity contribution is 0.0764. The fourth-order valence-electron chi connectivity index (χ4n) is 1.52. The van der Waals surface area contributed by atoms with Gasteiger partial charge in [0.05, 0.1) is 10.6 Å². The van der Waals surface area contributed by atoms with Crippen molar-refractivity contribution in [3.63, 3.8) is 0 Å². The van der Waals surface area contributed by atoms with Crippen molar-refractivity contribution in [1.82, 2.24) is 0 Å². The Morgan fingerprint density at radius 1 is 1.22 bits per heavy atom. The minimum atomic E-state index is -3.16. The molecule has 102 valence electrons. The summed E-state index contributed by atoms with van der Waals surface area (Å²) in [7, 11) is -3.16. The maximum Gasteiger partial charge on any atom is 0.178 e. The monoisotopic (exact) mass is 272 g/mol. The minimum absolute atomic E-state index is 0.0509. The van der Waals surface area contributed by atoms with E-state index in [2.05, 4.69) is 0 Å². The van der Waals surface area contributed by atoms with Gasteiger partial charge in [-0.2, -0.15) is 0 Å². The molecule has 0 fully saturated rings. The van der Waals surface area contributed by atoms with Crippen molar-refractivity contribution < 1.29 is 18.3 Å². The molecule has 0 bridgehead atoms. The van der Waals surface area contributed by atoms with Crippen molar-refractivity contribution in [1.29, 1.82) is 0 Å². The Morgan fingerprint density at radius 2 is 1.78 bits per heavy atom. The summed E-state index contributed by atoms with van der Waals surface area (Å²) < 4.78 is 28.9. The van der Waals surface area contributed by atoms with Crippen molar-refractivity contribution in [2.45, 2.75) is 37.7 Å². The van der Waals surface area contributed by atoms with Gasteiger partial charge in [0.1, 0.15) is 11.4 Å². The second-order valence-corrected chi connectivity index (χ2v) is 6.99. The van der Waals surface area contributed by atoms with Gasteiger partial charge in [-0.1, -0.05) is 6.92 Å². The number of rotatable bonds is 6. The van der Waals surface area contributed by atoms with Gasteiger partial charge in [-0.3, -0.25) is 0 Å². The van der Waals surface area contributed by atoms with E-state index in [9.17, 15) is 8.42 Å². The maximum absolute atomic E-state index is 11.6. The average Bonchev–Trinajstić information content (AvgIpc) is 2.29. The highest BCUT2D eigenvalue weighted by Crippen LogP contribution is 2.22. The van der Waals surface area contributed by atoms with Crippen LogP contribution in [0.3, 0.4) is 0 Å². The van der Waals surface area contributed by atoms with E-state index in [1.54, 1.807) is 31.2 Å². The molecule has 0 atom stereocenters. The van der Waals surface area contributed by atoms with Gasteiger partial charge in [0, 0.05) is 13.0 Å². The van der Waals surface area contributed by atoms with E-state index >= 15 is 0 Å². The normalized spacial score (nSPS) is 12.4. The lowest BCUT2D eigenvalue weighted by atomic mass is 10.1. The lowest BCUT2D eigenvalue weighted by Crippen LogP contribution is -2.29. The highest BCUT2D eigenvalue weighted by Gasteiger charge is 2.19. The average molecular weight is 272 g/mol. The Labute approximate surface area is 109 Å². The van der Waals surface area contributed by atoms with Crippen LogP contribution in [0.4, 0.5) is 0 Å². The third kappa shape index (κ3) is 3.99. The van der Waals surface area contributed by atoms with Crippen molar-refractivity contribution in [3.05, 3.63) is 24.3 Å². The standard InChI is InChI=1S/C13H20O4S/c1-4-18(15,16)12-7-5-11(6-8-12)17-13(2,3)9-10-14/h5-8,14H,4,9-10H2,1-3H3. The van der Waals surface area contributed by atoms with Gasteiger partial charge >= 0.3 is 0 Å². The summed E-state index contributed by atoms with van der Waals surface area (Å²) in [6, 6.07) is 6.37. The maximum atomic E-state index is 11.6. The van der Waals surface area contributed by atoms with Crippen LogP contribution in [0.15, 0.2) is 29.2 Å². The van der Waals surface area contributed by atoms with E-state index in [1.807, 2.05) is 13.8 Å². The fraction of sp³-hybridized carbons (Fsp3) is 0.538. The summed E-state index contributed by atoms with van der Waals surface area (Å²) >= 11 is 0. The Hall–Kier alpha value is -1.07. The molecule has 4 nitrogen and oxygen atoms in total. The molecule has 0 aromatic heterocycles. The molecule has 0 saturated carbocycles. The Balaban J connectivity index is 2.84. The molecule has 1 N–H and O–H groups in total. The van der Waals surface area contributed by atoms with Crippen molar-refractivity contribution in [2.24, 2.45) is 0 Å². The zero-order chi connectivity index (χ0) is 13.8. The van der Waals surface area contributed by atoms with Crippen LogP contribution in [-0.2, 0) is 9.84 Å². The molecule has 0 aliphatic rings. The molecule has 0 aliphatic carbocycles. The Kier molecular flexibility index (Phi) is 4.76. The summed E-state index contributed by atoms with van der Waals surface area (Å²) in [5.41, 5.74) is -0.472. The van der Waals surface area contributed by atoms with Gasteiger partial charge in [-0.15, -0.1) is 0 Å². The second kappa shape index (κ2) is 5.71. The molecule has 1 aromatic carbocycles. The highest BCUT2D eigenvalue weighted by atomic mass is 32.2. The number of ether oxygens (including phenoxy) is 1. The quantitative estimate of drug-likeness (QED) is 0.860. The van der Waals surface area contributed by atoms with E-state index < -0.39 is 15.4 Å². The van der Waals surface area contributed by atoms with Crippen LogP contribution in [-0.4, -0.2) is 31.5 Å². The predicted octanol–water partition coefficient (Wildman–Crippen LogP) is 2.02. The van der Waals surface area contributed by atoms with E-state index in [1.165, 1.54) is 0 Å². The second-order valence-electron chi connectivity index (χ2n) is 4.71. The first-order chi connectivity index (χ1) is 8.30. The summed E-state index contributed by atoms with van der Waals surface area (Å²) in [5, 5.41) is 8.90. The molecule has 1 rings (SSSR count). The van der Waals surface area contributed by atoms with Gasteiger partial charge in [0.25, 0.3) is 0 Å². The molecule has 0 saturated heterocycles. The molecule has 0 amide bonds. The number of aliphatic hydroxyl groups is 1. The van der Waals surface area contributed by atoms with Crippen LogP contribution in [0, 0.1) is 0 Å². The SMILES string of the molecule is CCS(=O)(=O)c1ccc(OC(C)(C)CCO)cc1. The Bertz CT molecular complexity index is 474. The summed E-state index contributed by atoms with van der Waals surface area (Å²) in [6.45, 7) is 5.42. The van der Waals surface area contributed by atoms with Gasteiger partial charge in [-0.05, 0) is 38.1 Å². The van der Waals surface area contributed by atoms with Crippen LogP contribution in [0.2, 0.25) is 0 Å². The van der Waals surface area contributed by atoms with E-state index in [4.69, 9.17) is 9.84 Å². The van der Waals surface area contributed by atoms with E-state index in [0.717, 1.165) is 0 Å². The van der Waals surface area contributed by atoms with Crippen LogP contribution < -0.4 is 4.74 Å². The predicted molar refractivity (Wildman–Crippen MR) is 70.6 cm³/mol. The van der Waals surface area contributed by atoms with Crippen LogP contribution in [0.1, 0.15) is 27.2 Å². The number of sulfone groups is 1. The fourth-order valence-corrected chi connectivity index (χ4v) is 2.41. The van der Waals surface area contributed by atoms with Gasteiger partial charge in [-0.25, -0.2) is 8.42 Å². The molecule has 5 heteroatoms. The molecule has 0 heterocycles. The molecule has 0 spiro atoms. The largest absolute Gasteiger partial charge is 0.488 e. The van der Waals surface area contributed by atoms with Gasteiger partial charge in [0.2, 0.25) is 0 Å². The number of hydrogen-bond donors (Lipinski definition) is 1. The van der Waals surface area contributed by atoms with Crippen LogP contribution >= 0.6 is 0 Å². The lowest BCUT2D eigenvalue weighted by Gasteiger charge is -2.25. The first-order valence-corrected chi connectivity index (χ1v) is 7.58. The summed E-state index contributed by atoms with van der Waals surface area (Å²) in [5.74, 6) is 0.687. The van der Waals surface area contributed by atoms with Gasteiger partial charge < -0.3 is 9.84 Å². The van der Waals surface area contributed by atoms with E-state index in [-0.39, 0.29) is 12.4 Å². The topological polar surface area (TPSA) is 63.6 Å². The minimum Gasteiger partial charge on any atom is -0.488 e. The van der Waals surface area contributed by atoms with Crippen LogP contribution in [0.5, 0.6) is 5.75 Å². The third-order valence-corrected chi connectivity index (χ3v) is 4.42. The van der Waals surface area contributed by atoms with Crippen molar-refractivity contribution in [2.75, 3.05) is 12.4 Å². The summed E-state index contributed by atoms with van der Waals surface area (Å²) in [4.78, 5) is 0.303. The first-order valence-electron chi connectivity index (χ1n) is 5.93. The molecule has 0 radical (unpaired) electrons. The number of benzene rings is 1. The van der Waals surface area contributed by atoms with Crippen molar-refractivity contribution in [3.8, 4) is 5.75 Å². The first kappa shape index (κ1) is 15.0.